The molecule has 2 atom stereocenters. The normalized spacial score (nSPS) is 17.9. The highest BCUT2D eigenvalue weighted by atomic mass is 16.5. The Hall–Kier alpha value is -2.82. The zero-order chi connectivity index (χ0) is 20.1. The van der Waals surface area contributed by atoms with Gasteiger partial charge in [0.15, 0.2) is 0 Å². The third-order valence-corrected chi connectivity index (χ3v) is 4.99. The fourth-order valence-corrected chi connectivity index (χ4v) is 3.34. The van der Waals surface area contributed by atoms with E-state index >= 15 is 0 Å². The predicted molar refractivity (Wildman–Crippen MR) is 110 cm³/mol. The van der Waals surface area contributed by atoms with Crippen molar-refractivity contribution in [3.8, 4) is 5.75 Å². The molecule has 0 aromatic heterocycles. The molecule has 0 heterocycles. The van der Waals surface area contributed by atoms with Crippen molar-refractivity contribution in [2.45, 2.75) is 39.8 Å². The zero-order valence-electron chi connectivity index (χ0n) is 16.7. The predicted octanol–water partition coefficient (Wildman–Crippen LogP) is 4.10. The number of anilines is 1. The van der Waals surface area contributed by atoms with Gasteiger partial charge in [0.05, 0.1) is 24.1 Å². The average molecular weight is 380 g/mol. The monoisotopic (exact) mass is 380 g/mol. The second-order valence-corrected chi connectivity index (χ2v) is 7.41. The maximum Gasteiger partial charge on any atom is 0.228 e. The van der Waals surface area contributed by atoms with Crippen molar-refractivity contribution in [3.63, 3.8) is 0 Å². The van der Waals surface area contributed by atoms with Crippen molar-refractivity contribution in [2.75, 3.05) is 11.9 Å². The molecule has 0 radical (unpaired) electrons. The smallest absolute Gasteiger partial charge is 0.228 e. The van der Waals surface area contributed by atoms with Crippen LogP contribution in [-0.2, 0) is 16.1 Å². The number of carbonyl (C=O) groups excluding carboxylic acids is 2. The van der Waals surface area contributed by atoms with Gasteiger partial charge >= 0.3 is 0 Å². The van der Waals surface area contributed by atoms with Gasteiger partial charge in [-0.3, -0.25) is 9.59 Å². The van der Waals surface area contributed by atoms with E-state index in [0.717, 1.165) is 5.56 Å². The van der Waals surface area contributed by atoms with Gasteiger partial charge in [-0.15, -0.1) is 0 Å². The van der Waals surface area contributed by atoms with Crippen molar-refractivity contribution in [3.05, 3.63) is 60.2 Å². The summed E-state index contributed by atoms with van der Waals surface area (Å²) < 4.78 is 5.56. The minimum Gasteiger partial charge on any atom is -0.492 e. The van der Waals surface area contributed by atoms with Crippen molar-refractivity contribution in [2.24, 2.45) is 11.8 Å². The first-order chi connectivity index (χ1) is 13.5. The molecular weight excluding hydrogens is 352 g/mol. The van der Waals surface area contributed by atoms with Gasteiger partial charge in [-0.1, -0.05) is 42.5 Å². The average Bonchev–Trinajstić information content (AvgIpc) is 3.49. The van der Waals surface area contributed by atoms with Crippen LogP contribution in [0.3, 0.4) is 0 Å². The molecule has 0 aliphatic heterocycles. The largest absolute Gasteiger partial charge is 0.492 e. The molecule has 5 nitrogen and oxygen atoms in total. The second-order valence-electron chi connectivity index (χ2n) is 7.41. The summed E-state index contributed by atoms with van der Waals surface area (Å²) >= 11 is 0. The SMILES string of the molecule is CCOc1ccccc1NC(=O)C1CC1C(=O)N(Cc1ccccc1)C(C)C. The van der Waals surface area contributed by atoms with Crippen molar-refractivity contribution >= 4 is 17.5 Å². The summed E-state index contributed by atoms with van der Waals surface area (Å²) in [7, 11) is 0. The lowest BCUT2D eigenvalue weighted by molar-refractivity contribution is -0.136. The Kier molecular flexibility index (Phi) is 6.34. The van der Waals surface area contributed by atoms with Gasteiger partial charge in [0, 0.05) is 12.6 Å². The maximum absolute atomic E-state index is 13.0. The van der Waals surface area contributed by atoms with E-state index in [9.17, 15) is 9.59 Å². The maximum atomic E-state index is 13.0. The van der Waals surface area contributed by atoms with E-state index in [0.29, 0.717) is 31.0 Å². The molecule has 0 saturated heterocycles. The van der Waals surface area contributed by atoms with Gasteiger partial charge in [0.25, 0.3) is 0 Å². The van der Waals surface area contributed by atoms with Crippen LogP contribution in [0, 0.1) is 11.8 Å². The topological polar surface area (TPSA) is 58.6 Å². The molecule has 2 amide bonds. The zero-order valence-corrected chi connectivity index (χ0v) is 16.7. The molecule has 2 aromatic rings. The number of nitrogens with one attached hydrogen (secondary N) is 1. The summed E-state index contributed by atoms with van der Waals surface area (Å²) in [4.78, 5) is 27.5. The van der Waals surface area contributed by atoms with E-state index < -0.39 is 0 Å². The number of hydrogen-bond acceptors (Lipinski definition) is 3. The lowest BCUT2D eigenvalue weighted by Gasteiger charge is -2.27. The molecule has 1 saturated carbocycles. The van der Waals surface area contributed by atoms with E-state index in [2.05, 4.69) is 5.32 Å². The van der Waals surface area contributed by atoms with E-state index in [1.54, 1.807) is 0 Å². The number of benzene rings is 2. The number of hydrogen-bond donors (Lipinski definition) is 1. The van der Waals surface area contributed by atoms with Crippen LogP contribution in [0.25, 0.3) is 0 Å². The lowest BCUT2D eigenvalue weighted by Crippen LogP contribution is -2.38. The molecule has 148 valence electrons. The molecule has 1 aliphatic rings. The first-order valence-corrected chi connectivity index (χ1v) is 9.88. The van der Waals surface area contributed by atoms with Crippen LogP contribution < -0.4 is 10.1 Å². The van der Waals surface area contributed by atoms with Crippen molar-refractivity contribution < 1.29 is 14.3 Å². The van der Waals surface area contributed by atoms with Gasteiger partial charge in [0.2, 0.25) is 11.8 Å². The number of para-hydroxylation sites is 2. The number of carbonyl (C=O) groups is 2. The summed E-state index contributed by atoms with van der Waals surface area (Å²) in [6.07, 6.45) is 0.597. The van der Waals surface area contributed by atoms with Gasteiger partial charge < -0.3 is 15.0 Å². The quantitative estimate of drug-likeness (QED) is 0.750. The molecule has 1 aliphatic carbocycles. The Morgan fingerprint density at radius 1 is 1.07 bits per heavy atom. The molecule has 2 unspecified atom stereocenters. The summed E-state index contributed by atoms with van der Waals surface area (Å²) in [6, 6.07) is 17.4. The summed E-state index contributed by atoms with van der Waals surface area (Å²) in [5.74, 6) is 0.0605. The Morgan fingerprint density at radius 2 is 1.75 bits per heavy atom. The highest BCUT2D eigenvalue weighted by molar-refractivity contribution is 6.00. The van der Waals surface area contributed by atoms with Crippen molar-refractivity contribution in [1.82, 2.24) is 4.90 Å². The molecule has 1 N–H and O–H groups in total. The van der Waals surface area contributed by atoms with Crippen LogP contribution in [0.1, 0.15) is 32.8 Å². The van der Waals surface area contributed by atoms with Crippen LogP contribution in [-0.4, -0.2) is 29.4 Å². The van der Waals surface area contributed by atoms with Gasteiger partial charge in [0.1, 0.15) is 5.75 Å². The number of rotatable bonds is 8. The lowest BCUT2D eigenvalue weighted by atomic mass is 10.1. The molecule has 3 rings (SSSR count). The Balaban J connectivity index is 1.63. The van der Waals surface area contributed by atoms with Gasteiger partial charge in [-0.2, -0.15) is 0 Å². The third kappa shape index (κ3) is 4.71. The first kappa shape index (κ1) is 19.9. The molecule has 1 fully saturated rings. The number of ether oxygens (including phenoxy) is 1. The Morgan fingerprint density at radius 3 is 2.43 bits per heavy atom. The van der Waals surface area contributed by atoms with E-state index in [1.807, 2.05) is 80.3 Å². The molecule has 0 bridgehead atoms. The summed E-state index contributed by atoms with van der Waals surface area (Å²) in [5.41, 5.74) is 1.74. The minimum atomic E-state index is -0.279. The van der Waals surface area contributed by atoms with Crippen LogP contribution in [0.5, 0.6) is 5.75 Å². The highest BCUT2D eigenvalue weighted by Gasteiger charge is 2.49. The molecule has 2 aromatic carbocycles. The van der Waals surface area contributed by atoms with Crippen LogP contribution in [0.15, 0.2) is 54.6 Å². The van der Waals surface area contributed by atoms with E-state index in [-0.39, 0.29) is 29.7 Å². The molecular formula is C23H28N2O3. The molecule has 28 heavy (non-hydrogen) atoms. The van der Waals surface area contributed by atoms with Crippen LogP contribution in [0.4, 0.5) is 5.69 Å². The van der Waals surface area contributed by atoms with E-state index in [4.69, 9.17) is 4.74 Å². The third-order valence-electron chi connectivity index (χ3n) is 4.99. The molecule has 5 heteroatoms. The summed E-state index contributed by atoms with van der Waals surface area (Å²) in [6.45, 7) is 7.02. The summed E-state index contributed by atoms with van der Waals surface area (Å²) in [5, 5.41) is 2.93. The Labute approximate surface area is 166 Å². The fourth-order valence-electron chi connectivity index (χ4n) is 3.34. The first-order valence-electron chi connectivity index (χ1n) is 9.88. The van der Waals surface area contributed by atoms with E-state index in [1.165, 1.54) is 0 Å². The van der Waals surface area contributed by atoms with Crippen LogP contribution in [0.2, 0.25) is 0 Å². The standard InChI is InChI=1S/C23H28N2O3/c1-4-28-21-13-9-8-12-20(21)24-22(26)18-14-19(18)23(27)25(16(2)3)15-17-10-6-5-7-11-17/h5-13,16,18-19H,4,14-15H2,1-3H3,(H,24,26). The second kappa shape index (κ2) is 8.91. The fraction of sp³-hybridized carbons (Fsp3) is 0.391. The van der Waals surface area contributed by atoms with Crippen LogP contribution >= 0.6 is 0 Å². The molecule has 0 spiro atoms. The van der Waals surface area contributed by atoms with Crippen molar-refractivity contribution in [1.29, 1.82) is 0 Å². The number of nitrogens with zero attached hydrogens (tertiary/aromatic N) is 1. The van der Waals surface area contributed by atoms with Gasteiger partial charge in [-0.05, 0) is 44.9 Å². The minimum absolute atomic E-state index is 0.0529. The number of amides is 2. The van der Waals surface area contributed by atoms with Gasteiger partial charge in [-0.25, -0.2) is 0 Å². The Bertz CT molecular complexity index is 820. The highest BCUT2D eigenvalue weighted by Crippen LogP contribution is 2.42.